The highest BCUT2D eigenvalue weighted by Gasteiger charge is 2.54. The van der Waals surface area contributed by atoms with Gasteiger partial charge in [-0.25, -0.2) is 0 Å². The average molecular weight is 374 g/mol. The van der Waals surface area contributed by atoms with E-state index in [1.54, 1.807) is 17.0 Å². The SMILES string of the molecule is Cc1ccc(OCCN2C(=O)C3(OCCCO3)c3cc(Cl)ccc32)cc1. The minimum absolute atomic E-state index is 0.220. The quantitative estimate of drug-likeness (QED) is 0.820. The molecule has 0 atom stereocenters. The van der Waals surface area contributed by atoms with E-state index < -0.39 is 5.79 Å². The molecule has 0 N–H and O–H groups in total. The van der Waals surface area contributed by atoms with Crippen molar-refractivity contribution in [2.75, 3.05) is 31.3 Å². The molecule has 26 heavy (non-hydrogen) atoms. The Morgan fingerprint density at radius 1 is 1.15 bits per heavy atom. The largest absolute Gasteiger partial charge is 0.492 e. The molecular weight excluding hydrogens is 354 g/mol. The van der Waals surface area contributed by atoms with Crippen molar-refractivity contribution in [1.29, 1.82) is 0 Å². The number of hydrogen-bond donors (Lipinski definition) is 0. The van der Waals surface area contributed by atoms with Crippen LogP contribution < -0.4 is 9.64 Å². The van der Waals surface area contributed by atoms with Crippen LogP contribution in [0.3, 0.4) is 0 Å². The fourth-order valence-electron chi connectivity index (χ4n) is 3.33. The highest BCUT2D eigenvalue weighted by atomic mass is 35.5. The van der Waals surface area contributed by atoms with Crippen molar-refractivity contribution in [2.24, 2.45) is 0 Å². The summed E-state index contributed by atoms with van der Waals surface area (Å²) >= 11 is 6.15. The number of ether oxygens (including phenoxy) is 3. The summed E-state index contributed by atoms with van der Waals surface area (Å²) in [4.78, 5) is 14.8. The van der Waals surface area contributed by atoms with Gasteiger partial charge in [-0.2, -0.15) is 0 Å². The van der Waals surface area contributed by atoms with Gasteiger partial charge in [-0.05, 0) is 43.7 Å². The van der Waals surface area contributed by atoms with E-state index in [4.69, 9.17) is 25.8 Å². The van der Waals surface area contributed by atoms with E-state index in [-0.39, 0.29) is 5.91 Å². The van der Waals surface area contributed by atoms with Crippen molar-refractivity contribution in [3.63, 3.8) is 0 Å². The Morgan fingerprint density at radius 2 is 1.88 bits per heavy atom. The van der Waals surface area contributed by atoms with Crippen LogP contribution in [0, 0.1) is 6.92 Å². The van der Waals surface area contributed by atoms with Gasteiger partial charge in [0.2, 0.25) is 0 Å². The number of carbonyl (C=O) groups is 1. The number of rotatable bonds is 4. The van der Waals surface area contributed by atoms with Gasteiger partial charge in [0.05, 0.1) is 25.4 Å². The molecule has 6 heteroatoms. The number of hydrogen-bond acceptors (Lipinski definition) is 4. The van der Waals surface area contributed by atoms with Crippen LogP contribution in [0.15, 0.2) is 42.5 Å². The molecule has 2 aromatic carbocycles. The van der Waals surface area contributed by atoms with Crippen LogP contribution in [-0.2, 0) is 20.1 Å². The van der Waals surface area contributed by atoms with Gasteiger partial charge in [-0.1, -0.05) is 29.3 Å². The minimum Gasteiger partial charge on any atom is -0.492 e. The van der Waals surface area contributed by atoms with Gasteiger partial charge >= 0.3 is 0 Å². The highest BCUT2D eigenvalue weighted by molar-refractivity contribution is 6.31. The molecule has 2 aliphatic heterocycles. The summed E-state index contributed by atoms with van der Waals surface area (Å²) in [5, 5.41) is 0.548. The van der Waals surface area contributed by atoms with E-state index in [9.17, 15) is 4.79 Å². The zero-order valence-electron chi connectivity index (χ0n) is 14.5. The van der Waals surface area contributed by atoms with E-state index in [1.165, 1.54) is 5.56 Å². The third-order valence-electron chi connectivity index (χ3n) is 4.63. The van der Waals surface area contributed by atoms with Crippen LogP contribution >= 0.6 is 11.6 Å². The predicted molar refractivity (Wildman–Crippen MR) is 98.7 cm³/mol. The molecule has 1 spiro atoms. The van der Waals surface area contributed by atoms with Gasteiger partial charge in [0, 0.05) is 10.6 Å². The third kappa shape index (κ3) is 2.96. The Hall–Kier alpha value is -2.08. The fraction of sp³-hybridized carbons (Fsp3) is 0.350. The smallest absolute Gasteiger partial charge is 0.292 e. The zero-order valence-corrected chi connectivity index (χ0v) is 15.3. The molecule has 1 saturated heterocycles. The Morgan fingerprint density at radius 3 is 2.62 bits per heavy atom. The summed E-state index contributed by atoms with van der Waals surface area (Å²) in [6.45, 7) is 3.75. The lowest BCUT2D eigenvalue weighted by molar-refractivity contribution is -0.256. The number of fused-ring (bicyclic) bond motifs is 2. The lowest BCUT2D eigenvalue weighted by atomic mass is 10.1. The molecule has 2 aromatic rings. The lowest BCUT2D eigenvalue weighted by Crippen LogP contribution is -2.48. The van der Waals surface area contributed by atoms with Crippen LogP contribution in [0.25, 0.3) is 0 Å². The highest BCUT2D eigenvalue weighted by Crippen LogP contribution is 2.46. The molecule has 0 bridgehead atoms. The summed E-state index contributed by atoms with van der Waals surface area (Å²) in [7, 11) is 0. The second-order valence-corrected chi connectivity index (χ2v) is 6.88. The van der Waals surface area contributed by atoms with E-state index in [0.29, 0.717) is 37.0 Å². The molecule has 0 aromatic heterocycles. The third-order valence-corrected chi connectivity index (χ3v) is 4.87. The lowest BCUT2D eigenvalue weighted by Gasteiger charge is -2.32. The molecule has 2 heterocycles. The molecule has 4 rings (SSSR count). The first-order valence-corrected chi connectivity index (χ1v) is 9.07. The van der Waals surface area contributed by atoms with Gasteiger partial charge in [-0.3, -0.25) is 4.79 Å². The van der Waals surface area contributed by atoms with Crippen molar-refractivity contribution >= 4 is 23.2 Å². The van der Waals surface area contributed by atoms with Gasteiger partial charge < -0.3 is 19.1 Å². The summed E-state index contributed by atoms with van der Waals surface area (Å²) in [6.07, 6.45) is 0.765. The second kappa shape index (κ2) is 6.91. The Balaban J connectivity index is 1.55. The molecule has 0 radical (unpaired) electrons. The van der Waals surface area contributed by atoms with Gasteiger partial charge in [0.25, 0.3) is 11.7 Å². The zero-order chi connectivity index (χ0) is 18.1. The number of amides is 1. The summed E-state index contributed by atoms with van der Waals surface area (Å²) in [5.74, 6) is -0.817. The summed E-state index contributed by atoms with van der Waals surface area (Å²) < 4.78 is 17.4. The molecule has 1 fully saturated rings. The summed E-state index contributed by atoms with van der Waals surface area (Å²) in [6, 6.07) is 13.2. The minimum atomic E-state index is -1.37. The monoisotopic (exact) mass is 373 g/mol. The predicted octanol–water partition coefficient (Wildman–Crippen LogP) is 3.66. The van der Waals surface area contributed by atoms with Crippen molar-refractivity contribution in [3.8, 4) is 5.75 Å². The summed E-state index contributed by atoms with van der Waals surface area (Å²) in [5.41, 5.74) is 2.60. The number of benzene rings is 2. The second-order valence-electron chi connectivity index (χ2n) is 6.45. The number of halogens is 1. The Labute approximate surface area is 157 Å². The van der Waals surface area contributed by atoms with Crippen LogP contribution in [-0.4, -0.2) is 32.3 Å². The Bertz CT molecular complexity index is 815. The molecule has 0 saturated carbocycles. The van der Waals surface area contributed by atoms with Gasteiger partial charge in [0.1, 0.15) is 12.4 Å². The number of aryl methyl sites for hydroxylation is 1. The normalized spacial score (nSPS) is 18.2. The Kier molecular flexibility index (Phi) is 4.61. The van der Waals surface area contributed by atoms with Crippen molar-refractivity contribution in [1.82, 2.24) is 0 Å². The van der Waals surface area contributed by atoms with Crippen LogP contribution in [0.5, 0.6) is 5.75 Å². The molecular formula is C20H20ClNO4. The van der Waals surface area contributed by atoms with Gasteiger partial charge in [0.15, 0.2) is 0 Å². The fourth-order valence-corrected chi connectivity index (χ4v) is 3.50. The van der Waals surface area contributed by atoms with Crippen LogP contribution in [0.4, 0.5) is 5.69 Å². The molecule has 2 aliphatic rings. The first-order valence-electron chi connectivity index (χ1n) is 8.69. The average Bonchev–Trinajstić information content (AvgIpc) is 2.86. The van der Waals surface area contributed by atoms with Gasteiger partial charge in [-0.15, -0.1) is 0 Å². The molecule has 136 valence electrons. The maximum absolute atomic E-state index is 13.1. The first-order chi connectivity index (χ1) is 12.6. The van der Waals surface area contributed by atoms with E-state index in [0.717, 1.165) is 17.9 Å². The molecule has 0 aliphatic carbocycles. The topological polar surface area (TPSA) is 48.0 Å². The number of anilines is 1. The van der Waals surface area contributed by atoms with Crippen LogP contribution in [0.1, 0.15) is 17.5 Å². The van der Waals surface area contributed by atoms with Crippen LogP contribution in [0.2, 0.25) is 5.02 Å². The van der Waals surface area contributed by atoms with Crippen molar-refractivity contribution < 1.29 is 19.0 Å². The first kappa shape index (κ1) is 17.3. The van der Waals surface area contributed by atoms with E-state index in [2.05, 4.69) is 0 Å². The van der Waals surface area contributed by atoms with E-state index >= 15 is 0 Å². The molecule has 5 nitrogen and oxygen atoms in total. The number of carbonyl (C=O) groups excluding carboxylic acids is 1. The maximum atomic E-state index is 13.1. The molecule has 0 unspecified atom stereocenters. The standard InChI is InChI=1S/C20H20ClNO4/c1-14-3-6-16(7-4-14)24-12-9-22-18-8-5-15(21)13-17(18)20(19(22)23)25-10-2-11-26-20/h3-8,13H,2,9-12H2,1H3. The van der Waals surface area contributed by atoms with Crippen molar-refractivity contribution in [3.05, 3.63) is 58.6 Å². The maximum Gasteiger partial charge on any atom is 0.292 e. The molecule has 1 amide bonds. The van der Waals surface area contributed by atoms with Crippen molar-refractivity contribution in [2.45, 2.75) is 19.1 Å². The van der Waals surface area contributed by atoms with E-state index in [1.807, 2.05) is 37.3 Å². The number of nitrogens with zero attached hydrogens (tertiary/aromatic N) is 1.